The minimum Gasteiger partial charge on any atom is -0.184 e. The Morgan fingerprint density at radius 3 is 3.00 bits per heavy atom. The number of hydrogen-bond donors (Lipinski definition) is 0. The average Bonchev–Trinajstić information content (AvgIpc) is 2.77. The van der Waals surface area contributed by atoms with E-state index in [-0.39, 0.29) is 0 Å². The topological polar surface area (TPSA) is 30.7 Å². The summed E-state index contributed by atoms with van der Waals surface area (Å²) < 4.78 is 0. The summed E-state index contributed by atoms with van der Waals surface area (Å²) in [5, 5.41) is 8.81. The van der Waals surface area contributed by atoms with Gasteiger partial charge in [0.1, 0.15) is 0 Å². The first-order valence-corrected chi connectivity index (χ1v) is 6.96. The molecule has 3 heteroatoms. The second-order valence-corrected chi connectivity index (χ2v) is 5.49. The molecule has 0 bridgehead atoms. The van der Waals surface area contributed by atoms with Gasteiger partial charge >= 0.3 is 0 Å². The fraction of sp³-hybridized carbons (Fsp3) is 0.600. The summed E-state index contributed by atoms with van der Waals surface area (Å²) in [6.07, 6.45) is 15.5. The van der Waals surface area contributed by atoms with Crippen LogP contribution in [0.25, 0.3) is 0 Å². The van der Waals surface area contributed by atoms with Gasteiger partial charge in [-0.15, -0.1) is 0 Å². The van der Waals surface area contributed by atoms with Crippen molar-refractivity contribution in [1.82, 2.24) is 15.0 Å². The van der Waals surface area contributed by atoms with Crippen LogP contribution in [0.3, 0.4) is 0 Å². The largest absolute Gasteiger partial charge is 0.184 e. The van der Waals surface area contributed by atoms with Crippen LogP contribution in [-0.2, 0) is 13.0 Å². The Hall–Kier alpha value is -1.38. The highest BCUT2D eigenvalue weighted by Gasteiger charge is 2.07. The quantitative estimate of drug-likeness (QED) is 0.769. The smallest absolute Gasteiger partial charge is 0.0827 e. The van der Waals surface area contributed by atoms with Gasteiger partial charge in [0.15, 0.2) is 0 Å². The van der Waals surface area contributed by atoms with E-state index in [1.54, 1.807) is 0 Å². The monoisotopic (exact) mass is 245 g/mol. The van der Waals surface area contributed by atoms with Crippen LogP contribution in [0.5, 0.6) is 0 Å². The summed E-state index contributed by atoms with van der Waals surface area (Å²) in [7, 11) is 0. The molecule has 1 atom stereocenters. The maximum absolute atomic E-state index is 4.51. The Labute approximate surface area is 110 Å². The second kappa shape index (κ2) is 6.53. The van der Waals surface area contributed by atoms with E-state index in [2.05, 4.69) is 48.3 Å². The maximum Gasteiger partial charge on any atom is 0.0827 e. The predicted octanol–water partition coefficient (Wildman–Crippen LogP) is 3.39. The summed E-state index contributed by atoms with van der Waals surface area (Å²) in [6.45, 7) is 5.29. The summed E-state index contributed by atoms with van der Waals surface area (Å²) >= 11 is 0. The Kier molecular flexibility index (Phi) is 4.73. The number of allylic oxidation sites excluding steroid dienone is 4. The normalized spacial score (nSPS) is 18.7. The lowest BCUT2D eigenvalue weighted by molar-refractivity contribution is 0.434. The maximum atomic E-state index is 4.51. The van der Waals surface area contributed by atoms with Crippen LogP contribution in [0.15, 0.2) is 30.5 Å². The van der Waals surface area contributed by atoms with E-state index >= 15 is 0 Å². The molecule has 0 fully saturated rings. The number of hydrogen-bond acceptors (Lipinski definition) is 2. The summed E-state index contributed by atoms with van der Waals surface area (Å²) in [5.74, 6) is 1.32. The first-order valence-electron chi connectivity index (χ1n) is 6.96. The van der Waals surface area contributed by atoms with E-state index in [0.717, 1.165) is 24.6 Å². The second-order valence-electron chi connectivity index (χ2n) is 5.49. The minimum atomic E-state index is 0.601. The molecular weight excluding hydrogens is 222 g/mol. The third-order valence-corrected chi connectivity index (χ3v) is 3.19. The molecule has 0 radical (unpaired) electrons. The van der Waals surface area contributed by atoms with Gasteiger partial charge in [0.25, 0.3) is 0 Å². The molecule has 0 saturated heterocycles. The van der Waals surface area contributed by atoms with Gasteiger partial charge in [0.2, 0.25) is 0 Å². The van der Waals surface area contributed by atoms with Gasteiger partial charge in [0.05, 0.1) is 18.4 Å². The third-order valence-electron chi connectivity index (χ3n) is 3.19. The molecule has 0 N–H and O–H groups in total. The van der Waals surface area contributed by atoms with Crippen molar-refractivity contribution in [3.8, 4) is 0 Å². The molecule has 1 aromatic rings. The standard InChI is InChI=1S/C15H23N3/c1-13(2)12-18-16-11-15(17-18)10-6-9-14-7-4-3-5-8-14/h3-5,7,11,13-14H,6,8-10,12H2,1-2H3. The van der Waals surface area contributed by atoms with Gasteiger partial charge in [-0.05, 0) is 37.5 Å². The van der Waals surface area contributed by atoms with Crippen molar-refractivity contribution >= 4 is 0 Å². The van der Waals surface area contributed by atoms with Crippen LogP contribution in [0, 0.1) is 11.8 Å². The lowest BCUT2D eigenvalue weighted by Crippen LogP contribution is -2.08. The molecule has 0 aromatic carbocycles. The van der Waals surface area contributed by atoms with E-state index < -0.39 is 0 Å². The molecule has 98 valence electrons. The van der Waals surface area contributed by atoms with Crippen molar-refractivity contribution in [2.75, 3.05) is 0 Å². The lowest BCUT2D eigenvalue weighted by Gasteiger charge is -2.11. The fourth-order valence-corrected chi connectivity index (χ4v) is 2.25. The Bertz CT molecular complexity index is 415. The van der Waals surface area contributed by atoms with Crippen LogP contribution in [0.2, 0.25) is 0 Å². The average molecular weight is 245 g/mol. The SMILES string of the molecule is CC(C)Cn1ncc(CCCC2C=CC=CC2)n1. The van der Waals surface area contributed by atoms with Gasteiger partial charge < -0.3 is 0 Å². The van der Waals surface area contributed by atoms with Crippen molar-refractivity contribution < 1.29 is 0 Å². The van der Waals surface area contributed by atoms with Gasteiger partial charge in [0, 0.05) is 0 Å². The predicted molar refractivity (Wildman–Crippen MR) is 74.2 cm³/mol. The van der Waals surface area contributed by atoms with Crippen molar-refractivity contribution in [3.63, 3.8) is 0 Å². The first kappa shape index (κ1) is 13.1. The molecule has 1 aromatic heterocycles. The van der Waals surface area contributed by atoms with Gasteiger partial charge in [-0.1, -0.05) is 38.2 Å². The summed E-state index contributed by atoms with van der Waals surface area (Å²) in [6, 6.07) is 0. The van der Waals surface area contributed by atoms with Crippen LogP contribution in [0.1, 0.15) is 38.8 Å². The first-order chi connectivity index (χ1) is 8.74. The van der Waals surface area contributed by atoms with Crippen LogP contribution in [0.4, 0.5) is 0 Å². The Balaban J connectivity index is 1.71. The van der Waals surface area contributed by atoms with E-state index in [4.69, 9.17) is 0 Å². The van der Waals surface area contributed by atoms with Crippen LogP contribution >= 0.6 is 0 Å². The van der Waals surface area contributed by atoms with E-state index in [1.165, 1.54) is 19.3 Å². The highest BCUT2D eigenvalue weighted by atomic mass is 15.5. The molecule has 2 rings (SSSR count). The molecule has 1 aliphatic carbocycles. The van der Waals surface area contributed by atoms with E-state index in [1.807, 2.05) is 11.0 Å². The molecule has 0 saturated carbocycles. The molecule has 1 unspecified atom stereocenters. The van der Waals surface area contributed by atoms with E-state index in [9.17, 15) is 0 Å². The summed E-state index contributed by atoms with van der Waals surface area (Å²) in [4.78, 5) is 1.82. The zero-order chi connectivity index (χ0) is 12.8. The lowest BCUT2D eigenvalue weighted by atomic mass is 9.95. The number of nitrogens with zero attached hydrogens (tertiary/aromatic N) is 3. The zero-order valence-electron chi connectivity index (χ0n) is 11.4. The number of rotatable bonds is 6. The minimum absolute atomic E-state index is 0.601. The highest BCUT2D eigenvalue weighted by Crippen LogP contribution is 2.18. The van der Waals surface area contributed by atoms with Crippen molar-refractivity contribution in [2.24, 2.45) is 11.8 Å². The molecule has 18 heavy (non-hydrogen) atoms. The fourth-order valence-electron chi connectivity index (χ4n) is 2.25. The molecule has 0 spiro atoms. The Morgan fingerprint density at radius 2 is 2.28 bits per heavy atom. The number of aryl methyl sites for hydroxylation is 1. The van der Waals surface area contributed by atoms with Gasteiger partial charge in [-0.25, -0.2) is 0 Å². The van der Waals surface area contributed by atoms with Crippen molar-refractivity contribution in [2.45, 2.75) is 46.1 Å². The molecule has 1 aliphatic rings. The molecule has 3 nitrogen and oxygen atoms in total. The molecule has 0 amide bonds. The summed E-state index contributed by atoms with van der Waals surface area (Å²) in [5.41, 5.74) is 1.13. The highest BCUT2D eigenvalue weighted by molar-refractivity contribution is 5.10. The number of aromatic nitrogens is 3. The van der Waals surface area contributed by atoms with Crippen molar-refractivity contribution in [1.29, 1.82) is 0 Å². The van der Waals surface area contributed by atoms with Crippen LogP contribution in [-0.4, -0.2) is 15.0 Å². The third kappa shape index (κ3) is 4.13. The molecule has 0 aliphatic heterocycles. The van der Waals surface area contributed by atoms with Gasteiger partial charge in [-0.2, -0.15) is 15.0 Å². The van der Waals surface area contributed by atoms with Crippen molar-refractivity contribution in [3.05, 3.63) is 36.2 Å². The zero-order valence-corrected chi connectivity index (χ0v) is 11.4. The van der Waals surface area contributed by atoms with Gasteiger partial charge in [-0.3, -0.25) is 0 Å². The molecule has 1 heterocycles. The Morgan fingerprint density at radius 1 is 1.39 bits per heavy atom. The molecular formula is C15H23N3. The van der Waals surface area contributed by atoms with E-state index in [0.29, 0.717) is 5.92 Å². The van der Waals surface area contributed by atoms with Crippen LogP contribution < -0.4 is 0 Å².